The monoisotopic (exact) mass is 443 g/mol. The van der Waals surface area contributed by atoms with E-state index in [-0.39, 0.29) is 16.4 Å². The van der Waals surface area contributed by atoms with Gasteiger partial charge in [-0.15, -0.1) is 0 Å². The molecule has 8 nitrogen and oxygen atoms in total. The van der Waals surface area contributed by atoms with Gasteiger partial charge in [0, 0.05) is 31.8 Å². The minimum absolute atomic E-state index is 0.0832. The van der Waals surface area contributed by atoms with E-state index in [1.165, 1.54) is 46.8 Å². The maximum Gasteiger partial charge on any atom is 0.292 e. The molecule has 2 aromatic rings. The number of nitrogens with one attached hydrogen (secondary N) is 1. The van der Waals surface area contributed by atoms with Crippen molar-refractivity contribution in [1.82, 2.24) is 4.31 Å². The Labute approximate surface area is 181 Å². The predicted molar refractivity (Wildman–Crippen MR) is 120 cm³/mol. The van der Waals surface area contributed by atoms with Gasteiger partial charge in [-0.1, -0.05) is 25.0 Å². The van der Waals surface area contributed by atoms with Crippen LogP contribution in [0.1, 0.15) is 41.6 Å². The van der Waals surface area contributed by atoms with E-state index < -0.39 is 14.9 Å². The molecule has 0 saturated carbocycles. The van der Waals surface area contributed by atoms with E-state index in [0.29, 0.717) is 29.9 Å². The largest absolute Gasteiger partial charge is 0.383 e. The summed E-state index contributed by atoms with van der Waals surface area (Å²) in [6.07, 6.45) is 6.59. The molecule has 164 valence electrons. The number of nitro groups is 1. The topological polar surface area (TPSA) is 110 Å². The summed E-state index contributed by atoms with van der Waals surface area (Å²) >= 11 is 0. The first-order chi connectivity index (χ1) is 14.8. The maximum atomic E-state index is 12.8. The zero-order chi connectivity index (χ0) is 22.4. The Morgan fingerprint density at radius 3 is 2.29 bits per heavy atom. The van der Waals surface area contributed by atoms with Gasteiger partial charge in [0.25, 0.3) is 5.69 Å². The molecule has 0 aliphatic carbocycles. The second kappa shape index (κ2) is 9.84. The summed E-state index contributed by atoms with van der Waals surface area (Å²) in [5, 5.41) is 13.9. The number of benzene rings is 2. The first-order valence-corrected chi connectivity index (χ1v) is 11.6. The molecular weight excluding hydrogens is 418 g/mol. The van der Waals surface area contributed by atoms with Crippen LogP contribution in [0.5, 0.6) is 0 Å². The lowest BCUT2D eigenvalue weighted by atomic mass is 10.1. The van der Waals surface area contributed by atoms with Crippen molar-refractivity contribution in [2.45, 2.75) is 30.6 Å². The molecule has 1 N–H and O–H groups in total. The summed E-state index contributed by atoms with van der Waals surface area (Å²) in [6, 6.07) is 10.5. The Morgan fingerprint density at radius 2 is 1.71 bits per heavy atom. The average molecular weight is 444 g/mol. The van der Waals surface area contributed by atoms with Crippen LogP contribution in [-0.2, 0) is 10.0 Å². The van der Waals surface area contributed by atoms with Crippen molar-refractivity contribution >= 4 is 33.3 Å². The van der Waals surface area contributed by atoms with Gasteiger partial charge in [-0.2, -0.15) is 4.31 Å². The fraction of sp³-hybridized carbons (Fsp3) is 0.318. The summed E-state index contributed by atoms with van der Waals surface area (Å²) in [5.41, 5.74) is 1.15. The number of carbonyl (C=O) groups excluding carboxylic acids is 1. The van der Waals surface area contributed by atoms with Gasteiger partial charge in [0.15, 0.2) is 5.78 Å². The standard InChI is InChI=1S/C22H25N3O5S/c1-23-20-12-6-17(16-21(20)25(27)28)7-13-22(26)18-8-10-19(11-9-18)31(29,30)24-14-4-2-3-5-15-24/h6-13,16,23H,2-5,14-15H2,1H3/b13-7+. The number of ketones is 1. The summed E-state index contributed by atoms with van der Waals surface area (Å²) < 4.78 is 27.2. The molecule has 1 fully saturated rings. The Kier molecular flexibility index (Phi) is 7.19. The summed E-state index contributed by atoms with van der Waals surface area (Å²) in [4.78, 5) is 23.3. The van der Waals surface area contributed by atoms with Crippen LogP contribution in [0.4, 0.5) is 11.4 Å². The second-order valence-corrected chi connectivity index (χ2v) is 9.26. The van der Waals surface area contributed by atoms with E-state index >= 15 is 0 Å². The van der Waals surface area contributed by atoms with Gasteiger partial charge >= 0.3 is 0 Å². The number of allylic oxidation sites excluding steroid dienone is 1. The lowest BCUT2D eigenvalue weighted by Gasteiger charge is -2.19. The Hall–Kier alpha value is -3.04. The number of sulfonamides is 1. The minimum atomic E-state index is -3.57. The number of nitro benzene ring substituents is 1. The van der Waals surface area contributed by atoms with Crippen LogP contribution < -0.4 is 5.32 Å². The Bertz CT molecular complexity index is 1090. The van der Waals surface area contributed by atoms with E-state index in [4.69, 9.17) is 0 Å². The molecule has 9 heteroatoms. The maximum absolute atomic E-state index is 12.8. The number of rotatable bonds is 7. The Balaban J connectivity index is 1.74. The minimum Gasteiger partial charge on any atom is -0.383 e. The van der Waals surface area contributed by atoms with Gasteiger partial charge in [0.05, 0.1) is 9.82 Å². The number of hydrogen-bond donors (Lipinski definition) is 1. The van der Waals surface area contributed by atoms with Crippen molar-refractivity contribution in [2.75, 3.05) is 25.5 Å². The third-order valence-corrected chi connectivity index (χ3v) is 7.17. The molecule has 0 atom stereocenters. The quantitative estimate of drug-likeness (QED) is 0.299. The van der Waals surface area contributed by atoms with Crippen LogP contribution in [0.25, 0.3) is 6.08 Å². The van der Waals surface area contributed by atoms with Crippen molar-refractivity contribution in [2.24, 2.45) is 0 Å². The van der Waals surface area contributed by atoms with Crippen LogP contribution in [0, 0.1) is 10.1 Å². The van der Waals surface area contributed by atoms with E-state index in [1.54, 1.807) is 19.2 Å². The summed E-state index contributed by atoms with van der Waals surface area (Å²) in [7, 11) is -1.97. The third kappa shape index (κ3) is 5.36. The van der Waals surface area contributed by atoms with E-state index in [0.717, 1.165) is 25.7 Å². The third-order valence-electron chi connectivity index (χ3n) is 5.26. The first-order valence-electron chi connectivity index (χ1n) is 10.1. The van der Waals surface area contributed by atoms with Crippen LogP contribution in [0.3, 0.4) is 0 Å². The van der Waals surface area contributed by atoms with Crippen LogP contribution >= 0.6 is 0 Å². The van der Waals surface area contributed by atoms with Crippen molar-refractivity contribution < 1.29 is 18.1 Å². The highest BCUT2D eigenvalue weighted by molar-refractivity contribution is 7.89. The zero-order valence-corrected chi connectivity index (χ0v) is 18.1. The van der Waals surface area contributed by atoms with Gasteiger partial charge in [-0.25, -0.2) is 8.42 Å². The highest BCUT2D eigenvalue weighted by atomic mass is 32.2. The summed E-state index contributed by atoms with van der Waals surface area (Å²) in [6.45, 7) is 1.04. The number of anilines is 1. The van der Waals surface area contributed by atoms with Crippen LogP contribution in [0.15, 0.2) is 53.4 Å². The molecule has 0 amide bonds. The molecule has 0 spiro atoms. The average Bonchev–Trinajstić information content (AvgIpc) is 3.07. The van der Waals surface area contributed by atoms with Crippen LogP contribution in [0.2, 0.25) is 0 Å². The second-order valence-electron chi connectivity index (χ2n) is 7.32. The van der Waals surface area contributed by atoms with Gasteiger partial charge < -0.3 is 5.32 Å². The normalized spacial score (nSPS) is 15.5. The zero-order valence-electron chi connectivity index (χ0n) is 17.3. The van der Waals surface area contributed by atoms with E-state index in [2.05, 4.69) is 5.32 Å². The molecule has 0 radical (unpaired) electrons. The molecule has 0 unspecified atom stereocenters. The molecule has 1 aliphatic heterocycles. The van der Waals surface area contributed by atoms with Gasteiger partial charge in [-0.3, -0.25) is 14.9 Å². The molecule has 1 aliphatic rings. The van der Waals surface area contributed by atoms with Gasteiger partial charge in [0.1, 0.15) is 5.69 Å². The van der Waals surface area contributed by atoms with Crippen molar-refractivity contribution in [1.29, 1.82) is 0 Å². The van der Waals surface area contributed by atoms with Gasteiger partial charge in [-0.05, 0) is 54.8 Å². The smallest absolute Gasteiger partial charge is 0.292 e. The van der Waals surface area contributed by atoms with Crippen LogP contribution in [-0.4, -0.2) is 43.6 Å². The SMILES string of the molecule is CNc1ccc(/C=C/C(=O)c2ccc(S(=O)(=O)N3CCCCCC3)cc2)cc1[N+](=O)[O-]. The fourth-order valence-electron chi connectivity index (χ4n) is 3.51. The van der Waals surface area contributed by atoms with Crippen molar-refractivity contribution in [3.63, 3.8) is 0 Å². The summed E-state index contributed by atoms with van der Waals surface area (Å²) in [5.74, 6) is -0.320. The highest BCUT2D eigenvalue weighted by Gasteiger charge is 2.25. The van der Waals surface area contributed by atoms with Gasteiger partial charge in [0.2, 0.25) is 10.0 Å². The Morgan fingerprint density at radius 1 is 1.06 bits per heavy atom. The van der Waals surface area contributed by atoms with E-state index in [1.807, 2.05) is 0 Å². The molecule has 0 bridgehead atoms. The molecule has 31 heavy (non-hydrogen) atoms. The molecule has 2 aromatic carbocycles. The molecular formula is C22H25N3O5S. The number of nitrogens with zero attached hydrogens (tertiary/aromatic N) is 2. The highest BCUT2D eigenvalue weighted by Crippen LogP contribution is 2.26. The number of hydrogen-bond acceptors (Lipinski definition) is 6. The predicted octanol–water partition coefficient (Wildman–Crippen LogP) is 4.10. The van der Waals surface area contributed by atoms with Crippen molar-refractivity contribution in [3.05, 3.63) is 69.8 Å². The lowest BCUT2D eigenvalue weighted by Crippen LogP contribution is -2.31. The molecule has 1 heterocycles. The number of carbonyl (C=O) groups is 1. The molecule has 3 rings (SSSR count). The van der Waals surface area contributed by atoms with Crippen molar-refractivity contribution in [3.8, 4) is 0 Å². The van der Waals surface area contributed by atoms with E-state index in [9.17, 15) is 23.3 Å². The molecule has 0 aromatic heterocycles. The first kappa shape index (κ1) is 22.6. The fourth-order valence-corrected chi connectivity index (χ4v) is 5.02. The molecule has 1 saturated heterocycles. The lowest BCUT2D eigenvalue weighted by molar-refractivity contribution is -0.384.